The van der Waals surface area contributed by atoms with E-state index in [2.05, 4.69) is 51.5 Å². The Morgan fingerprint density at radius 1 is 0.814 bits per heavy atom. The number of benzene rings is 3. The van der Waals surface area contributed by atoms with Crippen molar-refractivity contribution in [2.24, 2.45) is 0 Å². The van der Waals surface area contributed by atoms with E-state index in [1.807, 2.05) is 66.4 Å². The molecular weight excluding hydrogens is 538 g/mol. The molecule has 0 saturated carbocycles. The summed E-state index contributed by atoms with van der Waals surface area (Å²) < 4.78 is 5.81. The fourth-order valence-electron chi connectivity index (χ4n) is 5.80. The number of rotatable bonds is 8. The van der Waals surface area contributed by atoms with Gasteiger partial charge in [0.25, 0.3) is 5.91 Å². The van der Waals surface area contributed by atoms with Crippen LogP contribution in [-0.2, 0) is 9.53 Å². The van der Waals surface area contributed by atoms with E-state index in [0.717, 1.165) is 41.0 Å². The monoisotopic (exact) mass is 575 g/mol. The van der Waals surface area contributed by atoms with Crippen LogP contribution < -0.4 is 4.90 Å². The number of nitrogens with zero attached hydrogens (tertiary/aromatic N) is 5. The number of amides is 2. The van der Waals surface area contributed by atoms with Crippen molar-refractivity contribution in [1.82, 2.24) is 20.0 Å². The van der Waals surface area contributed by atoms with Gasteiger partial charge in [0.2, 0.25) is 5.91 Å². The maximum absolute atomic E-state index is 13.5. The molecule has 0 spiro atoms. The molecule has 2 aliphatic rings. The summed E-state index contributed by atoms with van der Waals surface area (Å²) in [7, 11) is 0. The molecule has 220 valence electrons. The molecule has 3 heterocycles. The van der Waals surface area contributed by atoms with Gasteiger partial charge in [0.05, 0.1) is 11.8 Å². The number of aromatic nitrogens is 2. The third-order valence-corrected chi connectivity index (χ3v) is 8.33. The first kappa shape index (κ1) is 28.6. The average molecular weight is 576 g/mol. The van der Waals surface area contributed by atoms with E-state index in [1.165, 1.54) is 5.56 Å². The average Bonchev–Trinajstić information content (AvgIpc) is 3.58. The molecule has 3 aromatic carbocycles. The lowest BCUT2D eigenvalue weighted by molar-refractivity contribution is -0.132. The molecule has 6 rings (SSSR count). The minimum atomic E-state index is -0.120. The minimum absolute atomic E-state index is 0.0269. The van der Waals surface area contributed by atoms with Gasteiger partial charge in [-0.2, -0.15) is 0 Å². The first-order valence-electron chi connectivity index (χ1n) is 15.0. The largest absolute Gasteiger partial charge is 0.376 e. The molecule has 2 fully saturated rings. The van der Waals surface area contributed by atoms with Gasteiger partial charge in [0.15, 0.2) is 5.82 Å². The van der Waals surface area contributed by atoms with Crippen LogP contribution in [0.5, 0.6) is 0 Å². The first-order chi connectivity index (χ1) is 21.0. The highest BCUT2D eigenvalue weighted by Crippen LogP contribution is 2.25. The number of carbonyl (C=O) groups is 2. The Morgan fingerprint density at radius 2 is 1.51 bits per heavy atom. The molecule has 1 atom stereocenters. The predicted octanol–water partition coefficient (Wildman–Crippen LogP) is 5.09. The van der Waals surface area contributed by atoms with E-state index in [9.17, 15) is 9.59 Å². The highest BCUT2D eigenvalue weighted by atomic mass is 16.5. The smallest absolute Gasteiger partial charge is 0.254 e. The van der Waals surface area contributed by atoms with Crippen molar-refractivity contribution >= 4 is 17.6 Å². The zero-order valence-electron chi connectivity index (χ0n) is 24.6. The van der Waals surface area contributed by atoms with Crippen molar-refractivity contribution in [2.75, 3.05) is 50.8 Å². The van der Waals surface area contributed by atoms with Crippen LogP contribution >= 0.6 is 0 Å². The lowest BCUT2D eigenvalue weighted by atomic mass is 10.0. The molecule has 2 aliphatic heterocycles. The van der Waals surface area contributed by atoms with Crippen LogP contribution in [0, 0.1) is 6.92 Å². The summed E-state index contributed by atoms with van der Waals surface area (Å²) in [6.45, 7) is 5.55. The number of hydrogen-bond donors (Lipinski definition) is 0. The number of anilines is 1. The highest BCUT2D eigenvalue weighted by Gasteiger charge is 2.29. The molecule has 0 unspecified atom stereocenters. The lowest BCUT2D eigenvalue weighted by Crippen LogP contribution is -2.52. The van der Waals surface area contributed by atoms with Crippen molar-refractivity contribution in [1.29, 1.82) is 0 Å². The molecule has 8 nitrogen and oxygen atoms in total. The Kier molecular flexibility index (Phi) is 8.75. The summed E-state index contributed by atoms with van der Waals surface area (Å²) in [4.78, 5) is 32.6. The number of piperazine rings is 1. The SMILES string of the molecule is Cc1ccccc1C(=O)N(CC(=O)N1CCN(c2ccc(-c3ccc(-c4ccccc4)cc3)nn2)CC1)C[C@H]1CCCO1. The third-order valence-electron chi connectivity index (χ3n) is 8.33. The Bertz CT molecular complexity index is 1530. The van der Waals surface area contributed by atoms with Gasteiger partial charge in [-0.1, -0.05) is 72.8 Å². The maximum atomic E-state index is 13.5. The fraction of sp³-hybridized carbons (Fsp3) is 0.314. The quantitative estimate of drug-likeness (QED) is 0.291. The lowest BCUT2D eigenvalue weighted by Gasteiger charge is -2.36. The second-order valence-corrected chi connectivity index (χ2v) is 11.2. The number of ether oxygens (including phenoxy) is 1. The molecule has 2 amide bonds. The van der Waals surface area contributed by atoms with E-state index in [-0.39, 0.29) is 24.5 Å². The molecule has 43 heavy (non-hydrogen) atoms. The summed E-state index contributed by atoms with van der Waals surface area (Å²) in [6.07, 6.45) is 1.86. The highest BCUT2D eigenvalue weighted by molar-refractivity contribution is 5.97. The van der Waals surface area contributed by atoms with Crippen molar-refractivity contribution in [2.45, 2.75) is 25.9 Å². The van der Waals surface area contributed by atoms with Gasteiger partial charge in [0, 0.05) is 50.5 Å². The van der Waals surface area contributed by atoms with Gasteiger partial charge in [-0.05, 0) is 54.7 Å². The van der Waals surface area contributed by atoms with E-state index in [0.29, 0.717) is 44.9 Å². The second kappa shape index (κ2) is 13.2. The van der Waals surface area contributed by atoms with Crippen LogP contribution in [0.15, 0.2) is 91.0 Å². The van der Waals surface area contributed by atoms with Crippen molar-refractivity contribution in [3.05, 3.63) is 102 Å². The summed E-state index contributed by atoms with van der Waals surface area (Å²) >= 11 is 0. The summed E-state index contributed by atoms with van der Waals surface area (Å²) in [6, 6.07) is 30.2. The number of hydrogen-bond acceptors (Lipinski definition) is 6. The van der Waals surface area contributed by atoms with Crippen LogP contribution in [-0.4, -0.2) is 83.8 Å². The van der Waals surface area contributed by atoms with Gasteiger partial charge >= 0.3 is 0 Å². The van der Waals surface area contributed by atoms with Crippen LogP contribution in [0.25, 0.3) is 22.4 Å². The molecule has 2 saturated heterocycles. The van der Waals surface area contributed by atoms with Gasteiger partial charge in [0.1, 0.15) is 6.54 Å². The summed E-state index contributed by atoms with van der Waals surface area (Å²) in [5, 5.41) is 9.00. The first-order valence-corrected chi connectivity index (χ1v) is 15.0. The number of carbonyl (C=O) groups excluding carboxylic acids is 2. The molecule has 0 N–H and O–H groups in total. The van der Waals surface area contributed by atoms with Crippen molar-refractivity contribution < 1.29 is 14.3 Å². The maximum Gasteiger partial charge on any atom is 0.254 e. The Hall–Kier alpha value is -4.56. The van der Waals surface area contributed by atoms with E-state index in [4.69, 9.17) is 4.74 Å². The molecule has 0 radical (unpaired) electrons. The Morgan fingerprint density at radius 3 is 2.19 bits per heavy atom. The molecule has 1 aromatic heterocycles. The van der Waals surface area contributed by atoms with Crippen LogP contribution in [0.3, 0.4) is 0 Å². The van der Waals surface area contributed by atoms with E-state index in [1.54, 1.807) is 4.90 Å². The normalized spacial score (nSPS) is 16.7. The van der Waals surface area contributed by atoms with Crippen LogP contribution in [0.2, 0.25) is 0 Å². The van der Waals surface area contributed by atoms with Gasteiger partial charge in [-0.3, -0.25) is 9.59 Å². The predicted molar refractivity (Wildman–Crippen MR) is 168 cm³/mol. The van der Waals surface area contributed by atoms with Crippen molar-refractivity contribution in [3.63, 3.8) is 0 Å². The van der Waals surface area contributed by atoms with Crippen molar-refractivity contribution in [3.8, 4) is 22.4 Å². The molecule has 0 bridgehead atoms. The van der Waals surface area contributed by atoms with Crippen LogP contribution in [0.4, 0.5) is 5.82 Å². The topological polar surface area (TPSA) is 78.9 Å². The second-order valence-electron chi connectivity index (χ2n) is 11.2. The summed E-state index contributed by atoms with van der Waals surface area (Å²) in [5.41, 5.74) is 5.72. The van der Waals surface area contributed by atoms with Crippen LogP contribution in [0.1, 0.15) is 28.8 Å². The molecule has 8 heteroatoms. The molecule has 0 aliphatic carbocycles. The number of aryl methyl sites for hydroxylation is 1. The zero-order chi connectivity index (χ0) is 29.6. The zero-order valence-corrected chi connectivity index (χ0v) is 24.6. The Labute approximate surface area is 252 Å². The third kappa shape index (κ3) is 6.75. The Balaban J connectivity index is 1.06. The standard InChI is InChI=1S/C35H37N5O3/c1-26-8-5-6-12-31(26)35(42)40(24-30-11-7-23-43-30)25-34(41)39-21-19-38(20-22-39)33-18-17-32(36-37-33)29-15-13-28(14-16-29)27-9-3-2-4-10-27/h2-6,8-10,12-18,30H,7,11,19-25H2,1H3/t30-/m1/s1. The molecule has 4 aromatic rings. The fourth-order valence-corrected chi connectivity index (χ4v) is 5.80. The van der Waals surface area contributed by atoms with Gasteiger partial charge < -0.3 is 19.4 Å². The van der Waals surface area contributed by atoms with E-state index < -0.39 is 0 Å². The van der Waals surface area contributed by atoms with E-state index >= 15 is 0 Å². The van der Waals surface area contributed by atoms with Gasteiger partial charge in [-0.25, -0.2) is 0 Å². The molecular formula is C35H37N5O3. The minimum Gasteiger partial charge on any atom is -0.376 e. The van der Waals surface area contributed by atoms with Gasteiger partial charge in [-0.15, -0.1) is 10.2 Å². The summed E-state index contributed by atoms with van der Waals surface area (Å²) in [5.74, 6) is 0.636.